The molecule has 2 aromatic carbocycles. The van der Waals surface area contributed by atoms with Gasteiger partial charge < -0.3 is 10.1 Å². The minimum atomic E-state index is -4.43. The number of alkyl halides is 3. The minimum absolute atomic E-state index is 0.268. The van der Waals surface area contributed by atoms with Gasteiger partial charge in [-0.15, -0.1) is 0 Å². The summed E-state index contributed by atoms with van der Waals surface area (Å²) in [7, 11) is -1.97. The van der Waals surface area contributed by atoms with E-state index in [0.29, 0.717) is 23.2 Å². The molecule has 0 spiro atoms. The number of aryl methyl sites for hydroxylation is 1. The summed E-state index contributed by atoms with van der Waals surface area (Å²) in [6, 6.07) is 9.44. The van der Waals surface area contributed by atoms with E-state index in [4.69, 9.17) is 4.74 Å². The Balaban J connectivity index is 1.70. The molecule has 0 radical (unpaired) electrons. The second-order valence-electron chi connectivity index (χ2n) is 8.10. The van der Waals surface area contributed by atoms with Crippen molar-refractivity contribution in [2.24, 2.45) is 5.92 Å². The van der Waals surface area contributed by atoms with Gasteiger partial charge in [0, 0.05) is 7.11 Å². The number of carbonyl (C=O) groups excluding carboxylic acids is 1. The van der Waals surface area contributed by atoms with Gasteiger partial charge in [-0.2, -0.15) is 13.2 Å². The van der Waals surface area contributed by atoms with Crippen LogP contribution in [0, 0.1) is 12.8 Å². The predicted octanol–water partition coefficient (Wildman–Crippen LogP) is 4.12. The molecule has 0 aromatic heterocycles. The van der Waals surface area contributed by atoms with Crippen LogP contribution in [0.2, 0.25) is 0 Å². The topological polar surface area (TPSA) is 84.5 Å². The molecule has 1 amide bonds. The molecule has 0 saturated heterocycles. The van der Waals surface area contributed by atoms with Crippen LogP contribution in [0.4, 0.5) is 18.9 Å². The predicted molar refractivity (Wildman–Crippen MR) is 114 cm³/mol. The van der Waals surface area contributed by atoms with Crippen molar-refractivity contribution in [3.63, 3.8) is 0 Å². The highest BCUT2D eigenvalue weighted by molar-refractivity contribution is 7.92. The summed E-state index contributed by atoms with van der Waals surface area (Å²) in [6.45, 7) is 3.55. The lowest BCUT2D eigenvalue weighted by molar-refractivity contribution is -0.137. The molecule has 10 heteroatoms. The largest absolute Gasteiger partial charge is 0.416 e. The van der Waals surface area contributed by atoms with E-state index in [1.165, 1.54) is 19.2 Å². The summed E-state index contributed by atoms with van der Waals surface area (Å²) in [5.74, 6) is -0.797. The number of carbonyl (C=O) groups is 1. The third-order valence-electron chi connectivity index (χ3n) is 5.70. The van der Waals surface area contributed by atoms with Crippen molar-refractivity contribution in [2.45, 2.75) is 38.1 Å². The van der Waals surface area contributed by atoms with Gasteiger partial charge >= 0.3 is 6.18 Å². The van der Waals surface area contributed by atoms with Crippen LogP contribution in [0.3, 0.4) is 0 Å². The number of nitrogens with one attached hydrogen (secondary N) is 2. The summed E-state index contributed by atoms with van der Waals surface area (Å²) in [6.07, 6.45) is -3.00. The summed E-state index contributed by atoms with van der Waals surface area (Å²) in [5.41, 5.74) is 0.759. The first-order chi connectivity index (χ1) is 14.8. The molecule has 2 N–H and O–H groups in total. The first-order valence-corrected chi connectivity index (χ1v) is 11.8. The average molecular weight is 471 g/mol. The number of hydrogen-bond acceptors (Lipinski definition) is 4. The maximum atomic E-state index is 12.8. The van der Waals surface area contributed by atoms with Crippen molar-refractivity contribution in [2.75, 3.05) is 18.1 Å². The van der Waals surface area contributed by atoms with Gasteiger partial charge in [0.2, 0.25) is 15.9 Å². The zero-order chi connectivity index (χ0) is 23.9. The second kappa shape index (κ2) is 8.40. The summed E-state index contributed by atoms with van der Waals surface area (Å²) < 4.78 is 69.3. The van der Waals surface area contributed by atoms with E-state index in [1.54, 1.807) is 32.0 Å². The lowest BCUT2D eigenvalue weighted by Gasteiger charge is -2.20. The van der Waals surface area contributed by atoms with Crippen LogP contribution in [-0.4, -0.2) is 27.7 Å². The van der Waals surface area contributed by atoms with Crippen molar-refractivity contribution in [1.82, 2.24) is 5.32 Å². The molecule has 1 aliphatic carbocycles. The van der Waals surface area contributed by atoms with E-state index in [-0.39, 0.29) is 11.9 Å². The van der Waals surface area contributed by atoms with E-state index >= 15 is 0 Å². The Labute approximate surface area is 185 Å². The minimum Gasteiger partial charge on any atom is -0.373 e. The highest BCUT2D eigenvalue weighted by Crippen LogP contribution is 2.55. The number of ether oxygens (including phenoxy) is 1. The lowest BCUT2D eigenvalue weighted by Crippen LogP contribution is -2.31. The van der Waals surface area contributed by atoms with Crippen molar-refractivity contribution < 1.29 is 31.1 Å². The summed E-state index contributed by atoms with van der Waals surface area (Å²) in [4.78, 5) is 12.8. The molecule has 3 rings (SSSR count). The molecule has 2 aromatic rings. The van der Waals surface area contributed by atoms with Crippen molar-refractivity contribution in [1.29, 1.82) is 0 Å². The Kier molecular flexibility index (Phi) is 6.32. The number of benzene rings is 2. The summed E-state index contributed by atoms with van der Waals surface area (Å²) in [5, 5.41) is 2.91. The summed E-state index contributed by atoms with van der Waals surface area (Å²) >= 11 is 0. The normalized spacial score (nSPS) is 21.7. The maximum Gasteiger partial charge on any atom is 0.416 e. The number of anilines is 1. The SMILES string of the molecule is COC1(c2ccc(C(F)(F)F)cc2)CC1C(=O)N[C@H](C)c1ccc(NS(C)(=O)=O)c(C)c1. The molecule has 1 fully saturated rings. The zero-order valence-electron chi connectivity index (χ0n) is 18.1. The molecule has 2 unspecified atom stereocenters. The van der Waals surface area contributed by atoms with Crippen LogP contribution >= 0.6 is 0 Å². The fourth-order valence-corrected chi connectivity index (χ4v) is 4.45. The number of sulfonamides is 1. The fraction of sp³-hybridized carbons (Fsp3) is 0.409. The van der Waals surface area contributed by atoms with Crippen LogP contribution in [-0.2, 0) is 31.3 Å². The number of methoxy groups -OCH3 is 1. The molecule has 0 heterocycles. The van der Waals surface area contributed by atoms with E-state index in [9.17, 15) is 26.4 Å². The molecular formula is C22H25F3N2O4S. The highest BCUT2D eigenvalue weighted by atomic mass is 32.2. The van der Waals surface area contributed by atoms with Gasteiger partial charge in [0.1, 0.15) is 5.60 Å². The molecule has 1 aliphatic rings. The molecule has 1 saturated carbocycles. The van der Waals surface area contributed by atoms with Crippen molar-refractivity contribution in [3.8, 4) is 0 Å². The molecule has 174 valence electrons. The molecule has 0 aliphatic heterocycles. The van der Waals surface area contributed by atoms with Crippen LogP contribution < -0.4 is 10.0 Å². The van der Waals surface area contributed by atoms with Gasteiger partial charge in [-0.25, -0.2) is 8.42 Å². The standard InChI is InChI=1S/C22H25F3N2O4S/c1-13-11-15(5-10-19(13)27-32(4,29)30)14(2)26-20(28)18-12-21(18,31-3)16-6-8-17(9-7-16)22(23,24)25/h5-11,14,18,27H,12H2,1-4H3,(H,26,28)/t14-,18?,21?/m1/s1. The monoisotopic (exact) mass is 470 g/mol. The lowest BCUT2D eigenvalue weighted by atomic mass is 10.0. The van der Waals surface area contributed by atoms with Gasteiger partial charge in [0.05, 0.1) is 29.5 Å². The van der Waals surface area contributed by atoms with Gasteiger partial charge in [0.15, 0.2) is 0 Å². The molecular weight excluding hydrogens is 445 g/mol. The van der Waals surface area contributed by atoms with Gasteiger partial charge in [0.25, 0.3) is 0 Å². The third-order valence-corrected chi connectivity index (χ3v) is 6.29. The van der Waals surface area contributed by atoms with E-state index < -0.39 is 33.3 Å². The molecule has 6 nitrogen and oxygen atoms in total. The molecule has 3 atom stereocenters. The Hall–Kier alpha value is -2.59. The second-order valence-corrected chi connectivity index (χ2v) is 9.85. The van der Waals surface area contributed by atoms with E-state index in [2.05, 4.69) is 10.0 Å². The molecule has 0 bridgehead atoms. The zero-order valence-corrected chi connectivity index (χ0v) is 18.9. The first-order valence-electron chi connectivity index (χ1n) is 9.88. The highest BCUT2D eigenvalue weighted by Gasteiger charge is 2.60. The Morgan fingerprint density at radius 1 is 1.19 bits per heavy atom. The van der Waals surface area contributed by atoms with Gasteiger partial charge in [-0.05, 0) is 55.2 Å². The van der Waals surface area contributed by atoms with Crippen LogP contribution in [0.15, 0.2) is 42.5 Å². The quantitative estimate of drug-likeness (QED) is 0.638. The molecule has 32 heavy (non-hydrogen) atoms. The maximum absolute atomic E-state index is 12.8. The number of amides is 1. The Morgan fingerprint density at radius 2 is 1.81 bits per heavy atom. The first kappa shape index (κ1) is 24.1. The van der Waals surface area contributed by atoms with Crippen LogP contribution in [0.25, 0.3) is 0 Å². The Morgan fingerprint density at radius 3 is 2.31 bits per heavy atom. The number of halogens is 3. The fourth-order valence-electron chi connectivity index (χ4n) is 3.82. The van der Waals surface area contributed by atoms with E-state index in [1.807, 2.05) is 0 Å². The van der Waals surface area contributed by atoms with Crippen LogP contribution in [0.5, 0.6) is 0 Å². The van der Waals surface area contributed by atoms with E-state index in [0.717, 1.165) is 24.0 Å². The van der Waals surface area contributed by atoms with Crippen molar-refractivity contribution >= 4 is 21.6 Å². The average Bonchev–Trinajstić information content (AvgIpc) is 3.44. The van der Waals surface area contributed by atoms with Crippen molar-refractivity contribution in [3.05, 3.63) is 64.7 Å². The number of hydrogen-bond donors (Lipinski definition) is 2. The third kappa shape index (κ3) is 5.07. The van der Waals surface area contributed by atoms with Gasteiger partial charge in [-0.1, -0.05) is 24.3 Å². The van der Waals surface area contributed by atoms with Gasteiger partial charge in [-0.3, -0.25) is 9.52 Å². The Bertz CT molecular complexity index is 1120. The number of rotatable bonds is 7. The van der Waals surface area contributed by atoms with Crippen LogP contribution in [0.1, 0.15) is 41.6 Å². The smallest absolute Gasteiger partial charge is 0.373 e.